The highest BCUT2D eigenvalue weighted by Gasteiger charge is 2.15. The molecule has 0 N–H and O–H groups in total. The fraction of sp³-hybridized carbons (Fsp3) is 0. The van der Waals surface area contributed by atoms with Gasteiger partial charge in [0.05, 0.1) is 5.69 Å². The van der Waals surface area contributed by atoms with Crippen molar-refractivity contribution in [1.82, 2.24) is 19.9 Å². The summed E-state index contributed by atoms with van der Waals surface area (Å²) >= 11 is 0. The Kier molecular flexibility index (Phi) is 7.50. The fourth-order valence-electron chi connectivity index (χ4n) is 6.04. The van der Waals surface area contributed by atoms with Crippen molar-refractivity contribution in [1.29, 1.82) is 5.26 Å². The van der Waals surface area contributed by atoms with E-state index in [4.69, 9.17) is 15.0 Å². The average Bonchev–Trinajstić information content (AvgIpc) is 3.18. The Labute approximate surface area is 278 Å². The predicted molar refractivity (Wildman–Crippen MR) is 192 cm³/mol. The lowest BCUT2D eigenvalue weighted by molar-refractivity contribution is 1.07. The molecule has 0 spiro atoms. The van der Waals surface area contributed by atoms with E-state index in [0.717, 1.165) is 61.0 Å². The Morgan fingerprint density at radius 3 is 1.52 bits per heavy atom. The van der Waals surface area contributed by atoms with E-state index >= 15 is 0 Å². The summed E-state index contributed by atoms with van der Waals surface area (Å²) in [5.74, 6) is 1.84. The van der Waals surface area contributed by atoms with Gasteiger partial charge in [0, 0.05) is 22.3 Å². The van der Waals surface area contributed by atoms with Crippen LogP contribution in [0.5, 0.6) is 0 Å². The second kappa shape index (κ2) is 12.6. The molecular weight excluding hydrogens is 587 g/mol. The van der Waals surface area contributed by atoms with Crippen molar-refractivity contribution in [3.63, 3.8) is 0 Å². The van der Waals surface area contributed by atoms with Crippen LogP contribution in [0.4, 0.5) is 0 Å². The lowest BCUT2D eigenvalue weighted by atomic mass is 9.93. The number of rotatable bonds is 6. The van der Waals surface area contributed by atoms with E-state index in [9.17, 15) is 5.26 Å². The second-order valence-electron chi connectivity index (χ2n) is 11.4. The summed E-state index contributed by atoms with van der Waals surface area (Å²) in [6, 6.07) is 57.3. The molecule has 0 saturated heterocycles. The Hall–Kier alpha value is -6.77. The Morgan fingerprint density at radius 2 is 0.833 bits per heavy atom. The van der Waals surface area contributed by atoms with Crippen molar-refractivity contribution in [2.45, 2.75) is 0 Å². The van der Waals surface area contributed by atoms with E-state index in [1.165, 1.54) is 0 Å². The van der Waals surface area contributed by atoms with Crippen molar-refractivity contribution in [3.05, 3.63) is 169 Å². The minimum absolute atomic E-state index is 0.395. The molecule has 5 heteroatoms. The van der Waals surface area contributed by atoms with Gasteiger partial charge in [-0.3, -0.25) is 0 Å². The van der Waals surface area contributed by atoms with E-state index in [2.05, 4.69) is 83.8 Å². The van der Waals surface area contributed by atoms with Gasteiger partial charge in [-0.05, 0) is 51.2 Å². The summed E-state index contributed by atoms with van der Waals surface area (Å²) < 4.78 is 0. The fourth-order valence-corrected chi connectivity index (χ4v) is 6.04. The molecule has 0 atom stereocenters. The molecule has 48 heavy (non-hydrogen) atoms. The predicted octanol–water partition coefficient (Wildman–Crippen LogP) is 10.3. The third kappa shape index (κ3) is 5.60. The molecule has 0 bridgehead atoms. The zero-order valence-electron chi connectivity index (χ0n) is 25.8. The number of benzene rings is 6. The molecule has 6 aromatic carbocycles. The molecule has 0 radical (unpaired) electrons. The van der Waals surface area contributed by atoms with Gasteiger partial charge in [0.25, 0.3) is 0 Å². The van der Waals surface area contributed by atoms with Gasteiger partial charge in [0.15, 0.2) is 17.5 Å². The number of hydrogen-bond donors (Lipinski definition) is 0. The first-order valence-corrected chi connectivity index (χ1v) is 15.7. The van der Waals surface area contributed by atoms with Gasteiger partial charge in [-0.1, -0.05) is 146 Å². The number of nitrogens with zero attached hydrogens (tertiary/aromatic N) is 5. The van der Waals surface area contributed by atoms with Gasteiger partial charge in [-0.2, -0.15) is 5.26 Å². The third-order valence-corrected chi connectivity index (χ3v) is 8.41. The van der Waals surface area contributed by atoms with Crippen molar-refractivity contribution in [2.75, 3.05) is 0 Å². The zero-order valence-corrected chi connectivity index (χ0v) is 25.8. The number of pyridine rings is 1. The molecule has 8 rings (SSSR count). The lowest BCUT2D eigenvalue weighted by Gasteiger charge is -2.13. The summed E-state index contributed by atoms with van der Waals surface area (Å²) in [4.78, 5) is 19.5. The average molecular weight is 614 g/mol. The Morgan fingerprint density at radius 1 is 0.354 bits per heavy atom. The van der Waals surface area contributed by atoms with Crippen LogP contribution in [0.15, 0.2) is 164 Å². The Bertz CT molecular complexity index is 2450. The van der Waals surface area contributed by atoms with E-state index in [1.807, 2.05) is 84.9 Å². The van der Waals surface area contributed by atoms with E-state index in [1.54, 1.807) is 6.07 Å². The molecule has 0 unspecified atom stereocenters. The molecular formula is C43H27N5. The molecule has 2 aromatic heterocycles. The first kappa shape index (κ1) is 28.7. The monoisotopic (exact) mass is 613 g/mol. The third-order valence-electron chi connectivity index (χ3n) is 8.41. The van der Waals surface area contributed by atoms with Crippen molar-refractivity contribution >= 4 is 10.8 Å². The molecule has 0 aliphatic heterocycles. The maximum absolute atomic E-state index is 9.43. The van der Waals surface area contributed by atoms with Crippen LogP contribution in [-0.2, 0) is 0 Å². The van der Waals surface area contributed by atoms with Crippen molar-refractivity contribution in [2.24, 2.45) is 0 Å². The van der Waals surface area contributed by atoms with Gasteiger partial charge in [-0.15, -0.1) is 0 Å². The molecule has 224 valence electrons. The molecule has 0 amide bonds. The molecule has 8 aromatic rings. The number of aromatic nitrogens is 4. The van der Waals surface area contributed by atoms with Crippen LogP contribution >= 0.6 is 0 Å². The SMILES string of the molecule is N#Cc1cccc(-c2ccc(-c3cccc(-c4nc(-c5ccccc5)nc(-c5ccc(-c6ccccc6)cc5)n4)c3)c3ccccc23)n1. The van der Waals surface area contributed by atoms with Gasteiger partial charge in [-0.25, -0.2) is 19.9 Å². The van der Waals surface area contributed by atoms with Crippen molar-refractivity contribution in [3.8, 4) is 73.7 Å². The van der Waals surface area contributed by atoms with Gasteiger partial charge < -0.3 is 0 Å². The molecule has 2 heterocycles. The van der Waals surface area contributed by atoms with Crippen LogP contribution in [0.1, 0.15) is 5.69 Å². The summed E-state index contributed by atoms with van der Waals surface area (Å²) in [6.07, 6.45) is 0. The largest absolute Gasteiger partial charge is 0.237 e. The molecule has 0 saturated carbocycles. The highest BCUT2D eigenvalue weighted by molar-refractivity contribution is 6.04. The smallest absolute Gasteiger partial charge is 0.164 e. The van der Waals surface area contributed by atoms with Crippen LogP contribution in [0, 0.1) is 11.3 Å². The van der Waals surface area contributed by atoms with Crippen LogP contribution in [-0.4, -0.2) is 19.9 Å². The molecule has 5 nitrogen and oxygen atoms in total. The van der Waals surface area contributed by atoms with E-state index in [-0.39, 0.29) is 0 Å². The zero-order chi connectivity index (χ0) is 32.3. The minimum atomic E-state index is 0.395. The highest BCUT2D eigenvalue weighted by atomic mass is 15.0. The van der Waals surface area contributed by atoms with Crippen LogP contribution in [0.2, 0.25) is 0 Å². The Balaban J connectivity index is 1.23. The summed E-state index contributed by atoms with van der Waals surface area (Å²) in [5, 5.41) is 11.6. The highest BCUT2D eigenvalue weighted by Crippen LogP contribution is 2.36. The van der Waals surface area contributed by atoms with E-state index < -0.39 is 0 Å². The number of nitriles is 1. The standard InChI is InChI=1S/C43H27N5/c44-28-35-17-10-20-40(45-35)39-26-25-36(37-18-7-8-19-38(37)39)33-15-9-16-34(27-33)43-47-41(31-13-5-2-6-14-31)46-42(48-43)32-23-21-30(22-24-32)29-11-3-1-4-12-29/h1-27H. The minimum Gasteiger partial charge on any atom is -0.237 e. The van der Waals surface area contributed by atoms with Gasteiger partial charge in [0.2, 0.25) is 0 Å². The maximum atomic E-state index is 9.43. The lowest BCUT2D eigenvalue weighted by Crippen LogP contribution is -2.00. The number of hydrogen-bond acceptors (Lipinski definition) is 5. The summed E-state index contributed by atoms with van der Waals surface area (Å²) in [6.45, 7) is 0. The van der Waals surface area contributed by atoms with Gasteiger partial charge in [0.1, 0.15) is 11.8 Å². The molecule has 0 aliphatic carbocycles. The summed E-state index contributed by atoms with van der Waals surface area (Å²) in [7, 11) is 0. The van der Waals surface area contributed by atoms with Crippen LogP contribution in [0.3, 0.4) is 0 Å². The van der Waals surface area contributed by atoms with Crippen LogP contribution < -0.4 is 0 Å². The molecule has 0 aliphatic rings. The topological polar surface area (TPSA) is 75.3 Å². The first-order valence-electron chi connectivity index (χ1n) is 15.7. The van der Waals surface area contributed by atoms with Gasteiger partial charge >= 0.3 is 0 Å². The molecule has 0 fully saturated rings. The van der Waals surface area contributed by atoms with Crippen LogP contribution in [0.25, 0.3) is 78.4 Å². The normalized spacial score (nSPS) is 10.9. The second-order valence-corrected chi connectivity index (χ2v) is 11.4. The van der Waals surface area contributed by atoms with E-state index in [0.29, 0.717) is 23.2 Å². The maximum Gasteiger partial charge on any atom is 0.164 e. The first-order chi connectivity index (χ1) is 23.7. The summed E-state index contributed by atoms with van der Waals surface area (Å²) in [5.41, 5.74) is 9.32. The quantitative estimate of drug-likeness (QED) is 0.187. The van der Waals surface area contributed by atoms with Crippen molar-refractivity contribution < 1.29 is 0 Å². The number of fused-ring (bicyclic) bond motifs is 1.